The minimum absolute atomic E-state index is 0.0426. The van der Waals surface area contributed by atoms with Crippen LogP contribution in [0.5, 0.6) is 0 Å². The fourth-order valence-electron chi connectivity index (χ4n) is 3.89. The van der Waals surface area contributed by atoms with Gasteiger partial charge >= 0.3 is 0 Å². The van der Waals surface area contributed by atoms with Crippen molar-refractivity contribution < 1.29 is 12.9 Å². The van der Waals surface area contributed by atoms with E-state index in [1.807, 2.05) is 6.20 Å². The molecule has 29 heavy (non-hydrogen) atoms. The van der Waals surface area contributed by atoms with Crippen LogP contribution in [0.3, 0.4) is 0 Å². The Balaban J connectivity index is 1.72. The first-order valence-corrected chi connectivity index (χ1v) is 11.2. The van der Waals surface area contributed by atoms with Crippen molar-refractivity contribution in [3.05, 3.63) is 47.3 Å². The van der Waals surface area contributed by atoms with Crippen LogP contribution in [0.4, 0.5) is 0 Å². The molecule has 0 amide bonds. The second kappa shape index (κ2) is 7.03. The zero-order valence-corrected chi connectivity index (χ0v) is 17.6. The second-order valence-corrected chi connectivity index (χ2v) is 9.82. The Bertz CT molecular complexity index is 1170. The van der Waals surface area contributed by atoms with Gasteiger partial charge in [0.2, 0.25) is 15.8 Å². The lowest BCUT2D eigenvalue weighted by atomic mass is 9.73. The highest BCUT2D eigenvalue weighted by molar-refractivity contribution is 7.89. The van der Waals surface area contributed by atoms with Gasteiger partial charge in [-0.25, -0.2) is 13.6 Å². The van der Waals surface area contributed by atoms with Gasteiger partial charge in [-0.2, -0.15) is 4.98 Å². The maximum atomic E-state index is 11.4. The van der Waals surface area contributed by atoms with Crippen LogP contribution in [0.1, 0.15) is 44.0 Å². The molecule has 0 fully saturated rings. The number of aryl methyl sites for hydroxylation is 1. The van der Waals surface area contributed by atoms with Crippen molar-refractivity contribution in [2.24, 2.45) is 10.6 Å². The van der Waals surface area contributed by atoms with Gasteiger partial charge in [-0.15, -0.1) is 0 Å². The van der Waals surface area contributed by atoms with Crippen LogP contribution in [0.2, 0.25) is 0 Å². The highest BCUT2D eigenvalue weighted by atomic mass is 32.2. The number of rotatable bonds is 4. The zero-order chi connectivity index (χ0) is 20.8. The molecule has 4 rings (SSSR count). The Morgan fingerprint density at radius 2 is 1.90 bits per heavy atom. The van der Waals surface area contributed by atoms with Crippen molar-refractivity contribution in [1.29, 1.82) is 0 Å². The molecule has 1 aliphatic carbocycles. The number of aromatic nitrogens is 3. The molecule has 0 saturated carbocycles. The van der Waals surface area contributed by atoms with Crippen LogP contribution >= 0.6 is 0 Å². The van der Waals surface area contributed by atoms with Crippen LogP contribution in [0, 0.1) is 5.41 Å². The summed E-state index contributed by atoms with van der Waals surface area (Å²) in [4.78, 5) is 9.25. The van der Waals surface area contributed by atoms with E-state index in [4.69, 9.17) is 9.66 Å². The van der Waals surface area contributed by atoms with Crippen LogP contribution in [0.25, 0.3) is 22.8 Å². The zero-order valence-electron chi connectivity index (χ0n) is 16.8. The third-order valence-corrected chi connectivity index (χ3v) is 6.46. The molecule has 0 saturated heterocycles. The van der Waals surface area contributed by atoms with Gasteiger partial charge in [0.15, 0.2) is 0 Å². The van der Waals surface area contributed by atoms with Crippen LogP contribution in [-0.2, 0) is 29.3 Å². The Morgan fingerprint density at radius 3 is 2.55 bits per heavy atom. The summed E-state index contributed by atoms with van der Waals surface area (Å²) in [7, 11) is -3.74. The fourth-order valence-corrected chi connectivity index (χ4v) is 4.41. The molecule has 0 radical (unpaired) electrons. The van der Waals surface area contributed by atoms with Crippen LogP contribution in [-0.4, -0.2) is 23.5 Å². The second-order valence-electron chi connectivity index (χ2n) is 8.26. The van der Waals surface area contributed by atoms with Gasteiger partial charge in [0.1, 0.15) is 0 Å². The molecule has 152 valence electrons. The molecule has 1 aromatic carbocycles. The number of pyridine rings is 1. The summed E-state index contributed by atoms with van der Waals surface area (Å²) in [6, 6.07) is 6.10. The van der Waals surface area contributed by atoms with Gasteiger partial charge in [-0.3, -0.25) is 4.98 Å². The molecule has 0 atom stereocenters. The molecule has 3 aromatic rings. The number of nitrogens with zero attached hydrogens (tertiary/aromatic N) is 3. The quantitative estimate of drug-likeness (QED) is 0.702. The Hall–Kier alpha value is -2.58. The van der Waals surface area contributed by atoms with Crippen molar-refractivity contribution in [2.75, 3.05) is 0 Å². The van der Waals surface area contributed by atoms with E-state index in [0.717, 1.165) is 36.9 Å². The maximum absolute atomic E-state index is 11.4. The monoisotopic (exact) mass is 412 g/mol. The van der Waals surface area contributed by atoms with E-state index in [1.165, 1.54) is 23.3 Å². The minimum atomic E-state index is -3.74. The largest absolute Gasteiger partial charge is 0.334 e. The molecule has 0 spiro atoms. The SMILES string of the molecule is CCc1ncc(-c2nc(-c3ccc(S(N)(=O)=O)cc3)no2)c2c1CC(C)(C)CC2. The minimum Gasteiger partial charge on any atom is -0.334 e. The molecule has 2 heterocycles. The van der Waals surface area contributed by atoms with Gasteiger partial charge in [-0.1, -0.05) is 25.9 Å². The molecule has 7 nitrogen and oxygen atoms in total. The number of benzene rings is 1. The maximum Gasteiger partial charge on any atom is 0.260 e. The van der Waals surface area contributed by atoms with Crippen molar-refractivity contribution in [2.45, 2.75) is 51.3 Å². The predicted molar refractivity (Wildman–Crippen MR) is 110 cm³/mol. The number of hydrogen-bond donors (Lipinski definition) is 1. The summed E-state index contributed by atoms with van der Waals surface area (Å²) in [5, 5.41) is 9.23. The first-order chi connectivity index (χ1) is 13.7. The molecule has 0 bridgehead atoms. The summed E-state index contributed by atoms with van der Waals surface area (Å²) in [6.07, 6.45) is 5.76. The molecule has 0 aliphatic heterocycles. The highest BCUT2D eigenvalue weighted by Crippen LogP contribution is 2.40. The molecule has 1 aliphatic rings. The lowest BCUT2D eigenvalue weighted by Gasteiger charge is -2.33. The fraction of sp³-hybridized carbons (Fsp3) is 0.381. The normalized spacial score (nSPS) is 15.9. The van der Waals surface area contributed by atoms with Gasteiger partial charge in [0.05, 0.1) is 10.5 Å². The summed E-state index contributed by atoms with van der Waals surface area (Å²) in [6.45, 7) is 6.70. The lowest BCUT2D eigenvalue weighted by Crippen LogP contribution is -2.24. The molecule has 0 unspecified atom stereocenters. The van der Waals surface area contributed by atoms with Crippen molar-refractivity contribution in [3.63, 3.8) is 0 Å². The third kappa shape index (κ3) is 3.82. The highest BCUT2D eigenvalue weighted by Gasteiger charge is 2.30. The van der Waals surface area contributed by atoms with E-state index >= 15 is 0 Å². The number of fused-ring (bicyclic) bond motifs is 1. The number of primary sulfonamides is 1. The van der Waals surface area contributed by atoms with Crippen LogP contribution < -0.4 is 5.14 Å². The smallest absolute Gasteiger partial charge is 0.260 e. The van der Waals surface area contributed by atoms with Crippen molar-refractivity contribution in [3.8, 4) is 22.8 Å². The average molecular weight is 413 g/mol. The summed E-state index contributed by atoms with van der Waals surface area (Å²) in [5.41, 5.74) is 5.47. The summed E-state index contributed by atoms with van der Waals surface area (Å²) >= 11 is 0. The number of nitrogens with two attached hydrogens (primary N) is 1. The van der Waals surface area contributed by atoms with Gasteiger partial charge in [0, 0.05) is 17.5 Å². The molecule has 2 N–H and O–H groups in total. The third-order valence-electron chi connectivity index (χ3n) is 5.53. The van der Waals surface area contributed by atoms with Crippen molar-refractivity contribution >= 4 is 10.0 Å². The number of sulfonamides is 1. The summed E-state index contributed by atoms with van der Waals surface area (Å²) < 4.78 is 28.4. The van der Waals surface area contributed by atoms with Crippen molar-refractivity contribution in [1.82, 2.24) is 15.1 Å². The number of hydrogen-bond acceptors (Lipinski definition) is 6. The first kappa shape index (κ1) is 19.7. The van der Waals surface area contributed by atoms with E-state index in [1.54, 1.807) is 12.1 Å². The summed E-state index contributed by atoms with van der Waals surface area (Å²) in [5.74, 6) is 0.826. The van der Waals surface area contributed by atoms with E-state index in [9.17, 15) is 8.42 Å². The first-order valence-electron chi connectivity index (χ1n) is 9.65. The predicted octanol–water partition coefficient (Wildman–Crippen LogP) is 3.52. The molecular weight excluding hydrogens is 388 g/mol. The molecular formula is C21H24N4O3S. The van der Waals surface area contributed by atoms with E-state index in [-0.39, 0.29) is 10.3 Å². The lowest BCUT2D eigenvalue weighted by molar-refractivity contribution is 0.313. The topological polar surface area (TPSA) is 112 Å². The van der Waals surface area contributed by atoms with Crippen LogP contribution in [0.15, 0.2) is 39.9 Å². The Labute approximate surface area is 170 Å². The molecule has 2 aromatic heterocycles. The average Bonchev–Trinajstić information content (AvgIpc) is 3.15. The van der Waals surface area contributed by atoms with Gasteiger partial charge in [-0.05, 0) is 66.5 Å². The Morgan fingerprint density at radius 1 is 1.17 bits per heavy atom. The van der Waals surface area contributed by atoms with E-state index < -0.39 is 10.0 Å². The molecule has 8 heteroatoms. The van der Waals surface area contributed by atoms with Gasteiger partial charge in [0.25, 0.3) is 5.89 Å². The standard InChI is InChI=1S/C21H24N4O3S/c1-4-18-16-11-21(2,3)10-9-15(16)17(12-23-18)20-24-19(25-28-20)13-5-7-14(8-6-13)29(22,26)27/h5-8,12H,4,9-11H2,1-3H3,(H2,22,26,27). The van der Waals surface area contributed by atoms with E-state index in [2.05, 4.69) is 35.9 Å². The van der Waals surface area contributed by atoms with Gasteiger partial charge < -0.3 is 4.52 Å². The Kier molecular flexibility index (Phi) is 4.78. The van der Waals surface area contributed by atoms with E-state index in [0.29, 0.717) is 17.3 Å².